The van der Waals surface area contributed by atoms with Crippen LogP contribution in [0.15, 0.2) is 33.7 Å². The third-order valence-corrected chi connectivity index (χ3v) is 4.24. The van der Waals surface area contributed by atoms with Crippen molar-refractivity contribution < 1.29 is 9.47 Å². The van der Waals surface area contributed by atoms with Crippen molar-refractivity contribution in [2.45, 2.75) is 26.9 Å². The van der Waals surface area contributed by atoms with E-state index in [1.807, 2.05) is 31.2 Å². The summed E-state index contributed by atoms with van der Waals surface area (Å²) >= 11 is 3.50. The maximum Gasteiger partial charge on any atom is 0.191 e. The molecule has 1 aromatic rings. The molecule has 1 fully saturated rings. The zero-order valence-electron chi connectivity index (χ0n) is 14.1. The molecule has 1 saturated heterocycles. The molecule has 0 radical (unpaired) electrons. The lowest BCUT2D eigenvalue weighted by atomic mass is 9.89. The fraction of sp³-hybridized carbons (Fsp3) is 0.588. The molecule has 0 bridgehead atoms. The first-order valence-corrected chi connectivity index (χ1v) is 8.83. The summed E-state index contributed by atoms with van der Waals surface area (Å²) < 4.78 is 12.2. The minimum Gasteiger partial charge on any atom is -0.488 e. The van der Waals surface area contributed by atoms with E-state index in [-0.39, 0.29) is 11.5 Å². The SMILES string of the molecule is CCNC(=NCC1(C)COC1)NCC(C)Oc1ccccc1Br. The molecule has 0 amide bonds. The monoisotopic (exact) mass is 383 g/mol. The van der Waals surface area contributed by atoms with Gasteiger partial charge in [-0.05, 0) is 41.9 Å². The standard InChI is InChI=1S/C17H26BrN3O2/c1-4-19-16(21-10-17(3)11-22-12-17)20-9-13(2)23-15-8-6-5-7-14(15)18/h5-8,13H,4,9-12H2,1-3H3,(H2,19,20,21). The Morgan fingerprint density at radius 3 is 2.74 bits per heavy atom. The van der Waals surface area contributed by atoms with Crippen LogP contribution in [-0.2, 0) is 4.74 Å². The summed E-state index contributed by atoms with van der Waals surface area (Å²) in [4.78, 5) is 4.65. The Hall–Kier alpha value is -1.27. The number of hydrogen-bond acceptors (Lipinski definition) is 3. The van der Waals surface area contributed by atoms with Crippen molar-refractivity contribution >= 4 is 21.9 Å². The van der Waals surface area contributed by atoms with Gasteiger partial charge in [-0.2, -0.15) is 0 Å². The lowest BCUT2D eigenvalue weighted by molar-refractivity contribution is -0.0945. The Labute approximate surface area is 147 Å². The van der Waals surface area contributed by atoms with E-state index in [1.165, 1.54) is 0 Å². The van der Waals surface area contributed by atoms with Crippen molar-refractivity contribution in [1.82, 2.24) is 10.6 Å². The fourth-order valence-electron chi connectivity index (χ4n) is 2.19. The second-order valence-corrected chi connectivity index (χ2v) is 7.09. The quantitative estimate of drug-likeness (QED) is 0.561. The lowest BCUT2D eigenvalue weighted by Crippen LogP contribution is -2.45. The largest absolute Gasteiger partial charge is 0.488 e. The number of ether oxygens (including phenoxy) is 2. The van der Waals surface area contributed by atoms with Crippen LogP contribution < -0.4 is 15.4 Å². The van der Waals surface area contributed by atoms with Crippen molar-refractivity contribution in [3.63, 3.8) is 0 Å². The van der Waals surface area contributed by atoms with Gasteiger partial charge in [0.15, 0.2) is 5.96 Å². The van der Waals surface area contributed by atoms with Crippen LogP contribution in [0.3, 0.4) is 0 Å². The van der Waals surface area contributed by atoms with Gasteiger partial charge in [-0.25, -0.2) is 0 Å². The maximum absolute atomic E-state index is 5.94. The molecule has 128 valence electrons. The molecule has 0 spiro atoms. The van der Waals surface area contributed by atoms with Crippen molar-refractivity contribution in [3.8, 4) is 5.75 Å². The van der Waals surface area contributed by atoms with Gasteiger partial charge in [0.25, 0.3) is 0 Å². The van der Waals surface area contributed by atoms with Crippen LogP contribution in [0.2, 0.25) is 0 Å². The van der Waals surface area contributed by atoms with Crippen LogP contribution >= 0.6 is 15.9 Å². The molecule has 23 heavy (non-hydrogen) atoms. The van der Waals surface area contributed by atoms with Crippen molar-refractivity contribution in [2.75, 3.05) is 32.8 Å². The number of benzene rings is 1. The van der Waals surface area contributed by atoms with Crippen molar-refractivity contribution in [1.29, 1.82) is 0 Å². The second kappa shape index (κ2) is 8.55. The number of nitrogens with zero attached hydrogens (tertiary/aromatic N) is 1. The Morgan fingerprint density at radius 1 is 1.39 bits per heavy atom. The third-order valence-electron chi connectivity index (χ3n) is 3.59. The molecule has 1 atom stereocenters. The normalized spacial score (nSPS) is 18.0. The minimum absolute atomic E-state index is 0.0279. The summed E-state index contributed by atoms with van der Waals surface area (Å²) in [6.45, 7) is 10.2. The van der Waals surface area contributed by atoms with E-state index >= 15 is 0 Å². The Bertz CT molecular complexity index is 532. The topological polar surface area (TPSA) is 54.9 Å². The highest BCUT2D eigenvalue weighted by Gasteiger charge is 2.33. The number of hydrogen-bond donors (Lipinski definition) is 2. The third kappa shape index (κ3) is 5.70. The number of nitrogens with one attached hydrogen (secondary N) is 2. The number of rotatable bonds is 7. The molecule has 1 unspecified atom stereocenters. The minimum atomic E-state index is 0.0279. The van der Waals surface area contributed by atoms with Crippen molar-refractivity contribution in [2.24, 2.45) is 10.4 Å². The molecule has 0 aromatic heterocycles. The smallest absolute Gasteiger partial charge is 0.191 e. The molecule has 2 rings (SSSR count). The molecular weight excluding hydrogens is 358 g/mol. The molecule has 1 aliphatic rings. The van der Waals surface area contributed by atoms with Crippen LogP contribution in [-0.4, -0.2) is 44.9 Å². The highest BCUT2D eigenvalue weighted by molar-refractivity contribution is 9.10. The average Bonchev–Trinajstić information content (AvgIpc) is 2.50. The zero-order chi connectivity index (χ0) is 16.7. The van der Waals surface area contributed by atoms with Gasteiger partial charge < -0.3 is 20.1 Å². The first-order chi connectivity index (χ1) is 11.0. The summed E-state index contributed by atoms with van der Waals surface area (Å²) in [7, 11) is 0. The van der Waals surface area contributed by atoms with E-state index in [0.29, 0.717) is 6.54 Å². The van der Waals surface area contributed by atoms with Crippen molar-refractivity contribution in [3.05, 3.63) is 28.7 Å². The first-order valence-electron chi connectivity index (χ1n) is 8.03. The predicted octanol–water partition coefficient (Wildman–Crippen LogP) is 2.81. The molecule has 1 aromatic carbocycles. The van der Waals surface area contributed by atoms with E-state index in [0.717, 1.165) is 42.5 Å². The van der Waals surface area contributed by atoms with E-state index in [4.69, 9.17) is 9.47 Å². The van der Waals surface area contributed by atoms with Gasteiger partial charge in [0.2, 0.25) is 0 Å². The average molecular weight is 384 g/mol. The Kier molecular flexibility index (Phi) is 6.72. The summed E-state index contributed by atoms with van der Waals surface area (Å²) in [5, 5.41) is 6.61. The van der Waals surface area contributed by atoms with Crippen LogP contribution in [0.4, 0.5) is 0 Å². The van der Waals surface area contributed by atoms with Crippen LogP contribution in [0.25, 0.3) is 0 Å². The summed E-state index contributed by atoms with van der Waals surface area (Å²) in [6, 6.07) is 7.87. The zero-order valence-corrected chi connectivity index (χ0v) is 15.6. The van der Waals surface area contributed by atoms with E-state index < -0.39 is 0 Å². The fourth-order valence-corrected chi connectivity index (χ4v) is 2.57. The molecule has 6 heteroatoms. The molecule has 5 nitrogen and oxygen atoms in total. The molecule has 0 aliphatic carbocycles. The van der Waals surface area contributed by atoms with E-state index in [1.54, 1.807) is 0 Å². The van der Waals surface area contributed by atoms with Gasteiger partial charge in [0.05, 0.1) is 30.8 Å². The van der Waals surface area contributed by atoms with Gasteiger partial charge >= 0.3 is 0 Å². The molecule has 2 N–H and O–H groups in total. The van der Waals surface area contributed by atoms with Gasteiger partial charge in [0.1, 0.15) is 11.9 Å². The summed E-state index contributed by atoms with van der Waals surface area (Å²) in [6.07, 6.45) is 0.0279. The number of halogens is 1. The molecule has 0 saturated carbocycles. The summed E-state index contributed by atoms with van der Waals surface area (Å²) in [5.41, 5.74) is 0.180. The second-order valence-electron chi connectivity index (χ2n) is 6.24. The molecular formula is C17H26BrN3O2. The number of guanidine groups is 1. The van der Waals surface area contributed by atoms with E-state index in [2.05, 4.69) is 45.4 Å². The number of aliphatic imine (C=N–C) groups is 1. The van der Waals surface area contributed by atoms with Crippen LogP contribution in [0.1, 0.15) is 20.8 Å². The Morgan fingerprint density at radius 2 is 2.13 bits per heavy atom. The first kappa shape index (κ1) is 18.1. The van der Waals surface area contributed by atoms with Gasteiger partial charge in [-0.3, -0.25) is 4.99 Å². The molecule has 1 aliphatic heterocycles. The van der Waals surface area contributed by atoms with E-state index in [9.17, 15) is 0 Å². The lowest BCUT2D eigenvalue weighted by Gasteiger charge is -2.36. The van der Waals surface area contributed by atoms with Gasteiger partial charge in [-0.1, -0.05) is 19.1 Å². The Balaban J connectivity index is 1.82. The number of para-hydroxylation sites is 1. The van der Waals surface area contributed by atoms with Gasteiger partial charge in [-0.15, -0.1) is 0 Å². The maximum atomic E-state index is 5.94. The van der Waals surface area contributed by atoms with Gasteiger partial charge in [0, 0.05) is 12.0 Å². The highest BCUT2D eigenvalue weighted by Crippen LogP contribution is 2.26. The predicted molar refractivity (Wildman–Crippen MR) is 97.1 cm³/mol. The molecule has 1 heterocycles. The van der Waals surface area contributed by atoms with Crippen LogP contribution in [0.5, 0.6) is 5.75 Å². The van der Waals surface area contributed by atoms with Crippen LogP contribution in [0, 0.1) is 5.41 Å². The highest BCUT2D eigenvalue weighted by atomic mass is 79.9. The summed E-state index contributed by atoms with van der Waals surface area (Å²) in [5.74, 6) is 1.67.